The summed E-state index contributed by atoms with van der Waals surface area (Å²) in [6.45, 7) is 5.53. The lowest BCUT2D eigenvalue weighted by molar-refractivity contribution is -0.120. The molecule has 0 fully saturated rings. The summed E-state index contributed by atoms with van der Waals surface area (Å²) >= 11 is 0. The molecule has 0 saturated carbocycles. The molecule has 0 amide bonds. The minimum atomic E-state index is -4.37. The molecule has 0 unspecified atom stereocenters. The molecule has 1 aromatic heterocycles. The molecule has 0 aliphatic rings. The first kappa shape index (κ1) is 16.3. The van der Waals surface area contributed by atoms with E-state index in [1.54, 1.807) is 27.7 Å². The third-order valence-corrected chi connectivity index (χ3v) is 2.19. The van der Waals surface area contributed by atoms with E-state index >= 15 is 0 Å². The van der Waals surface area contributed by atoms with Gasteiger partial charge in [0.1, 0.15) is 6.54 Å². The predicted molar refractivity (Wildman–Crippen MR) is 68.5 cm³/mol. The van der Waals surface area contributed by atoms with Gasteiger partial charge in [-0.05, 0) is 27.7 Å². The fraction of sp³-hybridized carbons (Fsp3) is 0.727. The Morgan fingerprint density at radius 2 is 1.75 bits per heavy atom. The van der Waals surface area contributed by atoms with Crippen LogP contribution in [0.15, 0.2) is 0 Å². The van der Waals surface area contributed by atoms with Crippen LogP contribution in [0.2, 0.25) is 0 Å². The number of aromatic nitrogens is 3. The third kappa shape index (κ3) is 5.06. The fourth-order valence-corrected chi connectivity index (χ4v) is 1.43. The highest BCUT2D eigenvalue weighted by atomic mass is 19.4. The quantitative estimate of drug-likeness (QED) is 0.895. The summed E-state index contributed by atoms with van der Waals surface area (Å²) in [4.78, 5) is 12.4. The molecule has 0 aliphatic carbocycles. The maximum Gasteiger partial charge on any atom is 0.406 e. The number of nitrogens with zero attached hydrogens (tertiary/aromatic N) is 4. The van der Waals surface area contributed by atoms with Gasteiger partial charge in [-0.1, -0.05) is 0 Å². The van der Waals surface area contributed by atoms with Crippen LogP contribution in [0, 0.1) is 0 Å². The first-order valence-corrected chi connectivity index (χ1v) is 6.10. The maximum atomic E-state index is 12.6. The van der Waals surface area contributed by atoms with Crippen LogP contribution in [0.4, 0.5) is 25.1 Å². The highest BCUT2D eigenvalue weighted by Gasteiger charge is 2.33. The van der Waals surface area contributed by atoms with E-state index in [1.165, 1.54) is 0 Å². The molecule has 20 heavy (non-hydrogen) atoms. The Morgan fingerprint density at radius 1 is 1.15 bits per heavy atom. The number of hydrogen-bond donors (Lipinski definition) is 1. The Labute approximate surface area is 115 Å². The molecule has 6 nitrogen and oxygen atoms in total. The Hall–Kier alpha value is -1.80. The van der Waals surface area contributed by atoms with E-state index < -0.39 is 18.8 Å². The topological polar surface area (TPSA) is 77.2 Å². The fourth-order valence-electron chi connectivity index (χ4n) is 1.43. The summed E-state index contributed by atoms with van der Waals surface area (Å²) in [6.07, 6.45) is -4.59. The van der Waals surface area contributed by atoms with Crippen molar-refractivity contribution in [3.63, 3.8) is 0 Å². The van der Waals surface area contributed by atoms with Gasteiger partial charge in [0, 0.05) is 6.04 Å². The van der Waals surface area contributed by atoms with Crippen molar-refractivity contribution in [1.29, 1.82) is 0 Å². The Kier molecular flexibility index (Phi) is 4.96. The smallest absolute Gasteiger partial charge is 0.406 e. The number of hydrogen-bond acceptors (Lipinski definition) is 6. The van der Waals surface area contributed by atoms with Crippen LogP contribution in [-0.2, 0) is 0 Å². The first-order chi connectivity index (χ1) is 9.08. The van der Waals surface area contributed by atoms with Gasteiger partial charge in [-0.3, -0.25) is 0 Å². The minimum Gasteiger partial charge on any atom is -0.461 e. The van der Waals surface area contributed by atoms with Crippen molar-refractivity contribution in [2.75, 3.05) is 17.2 Å². The van der Waals surface area contributed by atoms with Crippen molar-refractivity contribution in [1.82, 2.24) is 15.0 Å². The van der Waals surface area contributed by atoms with Crippen LogP contribution in [0.1, 0.15) is 27.7 Å². The van der Waals surface area contributed by atoms with Crippen molar-refractivity contribution < 1.29 is 17.9 Å². The van der Waals surface area contributed by atoms with Gasteiger partial charge < -0.3 is 15.4 Å². The summed E-state index contributed by atoms with van der Waals surface area (Å²) in [5.41, 5.74) is 5.49. The van der Waals surface area contributed by atoms with Gasteiger partial charge in [-0.2, -0.15) is 28.1 Å². The van der Waals surface area contributed by atoms with Gasteiger partial charge in [0.05, 0.1) is 6.10 Å². The van der Waals surface area contributed by atoms with E-state index in [9.17, 15) is 13.2 Å². The molecule has 114 valence electrons. The van der Waals surface area contributed by atoms with E-state index in [2.05, 4.69) is 15.0 Å². The molecule has 0 spiro atoms. The first-order valence-electron chi connectivity index (χ1n) is 6.10. The zero-order valence-corrected chi connectivity index (χ0v) is 11.8. The number of anilines is 2. The molecule has 1 heterocycles. The second kappa shape index (κ2) is 6.10. The zero-order chi connectivity index (χ0) is 15.5. The molecule has 1 rings (SSSR count). The second-order valence-corrected chi connectivity index (χ2v) is 4.78. The summed E-state index contributed by atoms with van der Waals surface area (Å²) in [5.74, 6) is -0.334. The molecule has 0 bridgehead atoms. The van der Waals surface area contributed by atoms with Crippen LogP contribution < -0.4 is 15.4 Å². The van der Waals surface area contributed by atoms with Crippen LogP contribution >= 0.6 is 0 Å². The van der Waals surface area contributed by atoms with Gasteiger partial charge in [-0.15, -0.1) is 0 Å². The maximum absolute atomic E-state index is 12.6. The number of rotatable bonds is 5. The standard InChI is InChI=1S/C11H18F3N5O/c1-6(2)19(5-11(12,13)14)9-16-8(15)17-10(18-9)20-7(3)4/h6-7H,5H2,1-4H3,(H2,15,16,17,18). The zero-order valence-electron chi connectivity index (χ0n) is 11.8. The highest BCUT2D eigenvalue weighted by molar-refractivity contribution is 5.37. The lowest BCUT2D eigenvalue weighted by atomic mass is 10.3. The predicted octanol–water partition coefficient (Wildman–Crippen LogP) is 2.02. The summed E-state index contributed by atoms with van der Waals surface area (Å²) in [6, 6.07) is -0.541. The summed E-state index contributed by atoms with van der Waals surface area (Å²) in [7, 11) is 0. The lowest BCUT2D eigenvalue weighted by Crippen LogP contribution is -2.40. The lowest BCUT2D eigenvalue weighted by Gasteiger charge is -2.27. The Balaban J connectivity index is 3.10. The van der Waals surface area contributed by atoms with Crippen molar-refractivity contribution >= 4 is 11.9 Å². The van der Waals surface area contributed by atoms with Crippen LogP contribution in [0.3, 0.4) is 0 Å². The third-order valence-electron chi connectivity index (χ3n) is 2.19. The van der Waals surface area contributed by atoms with Crippen molar-refractivity contribution in [2.24, 2.45) is 0 Å². The average Bonchev–Trinajstić information content (AvgIpc) is 2.22. The molecule has 0 atom stereocenters. The Morgan fingerprint density at radius 3 is 2.20 bits per heavy atom. The molecule has 1 aromatic rings. The number of ether oxygens (including phenoxy) is 1. The van der Waals surface area contributed by atoms with Crippen LogP contribution in [0.5, 0.6) is 6.01 Å². The normalized spacial score (nSPS) is 12.1. The van der Waals surface area contributed by atoms with Crippen molar-refractivity contribution in [3.05, 3.63) is 0 Å². The number of nitrogens with two attached hydrogens (primary N) is 1. The van der Waals surface area contributed by atoms with E-state index in [0.29, 0.717) is 0 Å². The molecule has 2 N–H and O–H groups in total. The van der Waals surface area contributed by atoms with E-state index in [-0.39, 0.29) is 24.0 Å². The summed E-state index contributed by atoms with van der Waals surface area (Å²) in [5, 5.41) is 0. The van der Waals surface area contributed by atoms with Gasteiger partial charge in [-0.25, -0.2) is 0 Å². The largest absolute Gasteiger partial charge is 0.461 e. The SMILES string of the molecule is CC(C)Oc1nc(N)nc(N(CC(F)(F)F)C(C)C)n1. The highest BCUT2D eigenvalue weighted by Crippen LogP contribution is 2.23. The molecule has 0 aliphatic heterocycles. The number of alkyl halides is 3. The monoisotopic (exact) mass is 293 g/mol. The molecule has 0 saturated heterocycles. The summed E-state index contributed by atoms with van der Waals surface area (Å²) < 4.78 is 43.0. The van der Waals surface area contributed by atoms with E-state index in [1.807, 2.05) is 0 Å². The minimum absolute atomic E-state index is 0.0877. The average molecular weight is 293 g/mol. The van der Waals surface area contributed by atoms with Crippen molar-refractivity contribution in [3.8, 4) is 6.01 Å². The molecular weight excluding hydrogens is 275 g/mol. The van der Waals surface area contributed by atoms with Crippen molar-refractivity contribution in [2.45, 2.75) is 46.0 Å². The molecular formula is C11H18F3N5O. The van der Waals surface area contributed by atoms with Gasteiger partial charge in [0.25, 0.3) is 0 Å². The molecule has 9 heteroatoms. The van der Waals surface area contributed by atoms with Gasteiger partial charge >= 0.3 is 12.2 Å². The Bertz CT molecular complexity index is 450. The van der Waals surface area contributed by atoms with E-state index in [0.717, 1.165) is 4.90 Å². The van der Waals surface area contributed by atoms with Gasteiger partial charge in [0.15, 0.2) is 0 Å². The number of halogens is 3. The van der Waals surface area contributed by atoms with Crippen LogP contribution in [-0.4, -0.2) is 39.8 Å². The molecule has 0 radical (unpaired) electrons. The van der Waals surface area contributed by atoms with E-state index in [4.69, 9.17) is 10.5 Å². The molecule has 0 aromatic carbocycles. The second-order valence-electron chi connectivity index (χ2n) is 4.78. The van der Waals surface area contributed by atoms with Gasteiger partial charge in [0.2, 0.25) is 11.9 Å². The number of nitrogen functional groups attached to an aromatic ring is 1. The van der Waals surface area contributed by atoms with Crippen LogP contribution in [0.25, 0.3) is 0 Å².